The Morgan fingerprint density at radius 3 is 1.62 bits per heavy atom. The molecule has 156 valence electrons. The fourth-order valence-electron chi connectivity index (χ4n) is 3.71. The Balaban J connectivity index is 1.62. The second-order valence-corrected chi connectivity index (χ2v) is 9.54. The molecule has 5 aromatic rings. The first-order valence-corrected chi connectivity index (χ1v) is 11.9. The summed E-state index contributed by atoms with van der Waals surface area (Å²) >= 11 is 0. The Kier molecular flexibility index (Phi) is 5.25. The van der Waals surface area contributed by atoms with E-state index in [1.807, 2.05) is 78.9 Å². The lowest BCUT2D eigenvalue weighted by Crippen LogP contribution is -2.05. The number of hydrogen-bond acceptors (Lipinski definition) is 4. The summed E-state index contributed by atoms with van der Waals surface area (Å²) in [6.45, 7) is 0. The van der Waals surface area contributed by atoms with Gasteiger partial charge in [-0.3, -0.25) is 0 Å². The molecule has 0 atom stereocenters. The lowest BCUT2D eigenvalue weighted by molar-refractivity contribution is 0.595. The number of nitrogens with zero attached hydrogens (tertiary/aromatic N) is 2. The van der Waals surface area contributed by atoms with Crippen LogP contribution in [-0.4, -0.2) is 18.4 Å². The van der Waals surface area contributed by atoms with Crippen LogP contribution in [0.4, 0.5) is 0 Å². The molecule has 5 rings (SSSR count). The van der Waals surface area contributed by atoms with E-state index in [9.17, 15) is 8.42 Å². The number of sulfone groups is 1. The highest BCUT2D eigenvalue weighted by Gasteiger charge is 2.17. The lowest BCUT2D eigenvalue weighted by atomic mass is 10.0. The maximum absolute atomic E-state index is 12.8. The van der Waals surface area contributed by atoms with E-state index in [1.54, 1.807) is 30.3 Å². The van der Waals surface area contributed by atoms with Crippen molar-refractivity contribution in [2.24, 2.45) is 0 Å². The molecule has 0 saturated heterocycles. The van der Waals surface area contributed by atoms with Gasteiger partial charge in [0.05, 0.1) is 33.1 Å². The topological polar surface area (TPSA) is 59.9 Å². The number of rotatable bonds is 5. The minimum absolute atomic E-state index is 0.0876. The van der Waals surface area contributed by atoms with E-state index in [2.05, 4.69) is 0 Å². The number of aromatic nitrogens is 2. The average Bonchev–Trinajstić information content (AvgIpc) is 2.84. The summed E-state index contributed by atoms with van der Waals surface area (Å²) in [7, 11) is -3.44. The van der Waals surface area contributed by atoms with Crippen LogP contribution in [0.5, 0.6) is 0 Å². The number of benzene rings is 4. The molecular formula is C27H20N2O2S. The van der Waals surface area contributed by atoms with Gasteiger partial charge in [-0.15, -0.1) is 0 Å². The van der Waals surface area contributed by atoms with Gasteiger partial charge in [0.25, 0.3) is 0 Å². The minimum Gasteiger partial charge on any atom is -0.244 e. The normalized spacial score (nSPS) is 11.5. The number of fused-ring (bicyclic) bond motifs is 1. The molecule has 1 aromatic heterocycles. The Labute approximate surface area is 187 Å². The fraction of sp³-hybridized carbons (Fsp3) is 0.0370. The van der Waals surface area contributed by atoms with Crippen molar-refractivity contribution in [3.8, 4) is 22.5 Å². The van der Waals surface area contributed by atoms with Crippen LogP contribution in [0.3, 0.4) is 0 Å². The first kappa shape index (κ1) is 20.1. The quantitative estimate of drug-likeness (QED) is 0.342. The van der Waals surface area contributed by atoms with Crippen molar-refractivity contribution >= 4 is 20.9 Å². The predicted molar refractivity (Wildman–Crippen MR) is 128 cm³/mol. The molecule has 32 heavy (non-hydrogen) atoms. The SMILES string of the molecule is O=S(=O)(Cc1ccc2nc(-c3ccccc3)c(-c3ccccc3)nc2c1)c1ccccc1. The molecule has 5 heteroatoms. The third kappa shape index (κ3) is 4.03. The molecule has 4 nitrogen and oxygen atoms in total. The first-order valence-electron chi connectivity index (χ1n) is 10.3. The van der Waals surface area contributed by atoms with E-state index in [1.165, 1.54) is 0 Å². The van der Waals surface area contributed by atoms with Crippen molar-refractivity contribution in [3.05, 3.63) is 115 Å². The van der Waals surface area contributed by atoms with Crippen LogP contribution in [0.15, 0.2) is 114 Å². The molecule has 0 fully saturated rings. The average molecular weight is 437 g/mol. The minimum atomic E-state index is -3.44. The monoisotopic (exact) mass is 436 g/mol. The van der Waals surface area contributed by atoms with Gasteiger partial charge in [-0.2, -0.15) is 0 Å². The maximum atomic E-state index is 12.8. The molecule has 0 saturated carbocycles. The molecule has 0 aliphatic carbocycles. The first-order chi connectivity index (χ1) is 15.6. The molecule has 1 heterocycles. The Bertz CT molecular complexity index is 1490. The van der Waals surface area contributed by atoms with Crippen molar-refractivity contribution in [1.29, 1.82) is 0 Å². The fourth-order valence-corrected chi connectivity index (χ4v) is 5.07. The Hall–Kier alpha value is -3.83. The maximum Gasteiger partial charge on any atom is 0.182 e. The molecule has 0 spiro atoms. The van der Waals surface area contributed by atoms with Gasteiger partial charge in [-0.05, 0) is 29.8 Å². The zero-order chi connectivity index (χ0) is 22.0. The molecule has 0 bridgehead atoms. The largest absolute Gasteiger partial charge is 0.244 e. The summed E-state index contributed by atoms with van der Waals surface area (Å²) < 4.78 is 25.7. The van der Waals surface area contributed by atoms with Gasteiger partial charge in [0, 0.05) is 11.1 Å². The lowest BCUT2D eigenvalue weighted by Gasteiger charge is -2.11. The van der Waals surface area contributed by atoms with Crippen LogP contribution in [0, 0.1) is 0 Å². The highest BCUT2D eigenvalue weighted by Crippen LogP contribution is 2.31. The molecule has 0 N–H and O–H groups in total. The van der Waals surface area contributed by atoms with Crippen LogP contribution >= 0.6 is 0 Å². The van der Waals surface area contributed by atoms with Crippen LogP contribution < -0.4 is 0 Å². The van der Waals surface area contributed by atoms with E-state index < -0.39 is 9.84 Å². The Morgan fingerprint density at radius 1 is 0.562 bits per heavy atom. The molecular weight excluding hydrogens is 416 g/mol. The van der Waals surface area contributed by atoms with Gasteiger partial charge in [0.1, 0.15) is 0 Å². The molecule has 0 aliphatic heterocycles. The van der Waals surface area contributed by atoms with Gasteiger partial charge in [-0.25, -0.2) is 18.4 Å². The summed E-state index contributed by atoms with van der Waals surface area (Å²) in [5, 5.41) is 0. The molecule has 4 aromatic carbocycles. The number of hydrogen-bond donors (Lipinski definition) is 0. The van der Waals surface area contributed by atoms with Crippen molar-refractivity contribution in [3.63, 3.8) is 0 Å². The van der Waals surface area contributed by atoms with E-state index in [-0.39, 0.29) is 5.75 Å². The third-order valence-corrected chi connectivity index (χ3v) is 6.99. The van der Waals surface area contributed by atoms with Crippen molar-refractivity contribution in [2.45, 2.75) is 10.6 Å². The van der Waals surface area contributed by atoms with Gasteiger partial charge in [0.2, 0.25) is 0 Å². The summed E-state index contributed by atoms with van der Waals surface area (Å²) in [5.41, 5.74) is 5.59. The van der Waals surface area contributed by atoms with Crippen LogP contribution in [0.1, 0.15) is 5.56 Å². The van der Waals surface area contributed by atoms with Gasteiger partial charge in [0.15, 0.2) is 9.84 Å². The summed E-state index contributed by atoms with van der Waals surface area (Å²) in [4.78, 5) is 10.1. The van der Waals surface area contributed by atoms with E-state index in [0.717, 1.165) is 28.0 Å². The van der Waals surface area contributed by atoms with Gasteiger partial charge < -0.3 is 0 Å². The zero-order valence-electron chi connectivity index (χ0n) is 17.2. The standard InChI is InChI=1S/C27H20N2O2S/c30-32(31,23-14-8-3-9-15-23)19-20-16-17-24-25(18-20)29-27(22-12-6-2-7-13-22)26(28-24)21-10-4-1-5-11-21/h1-18H,19H2. The van der Waals surface area contributed by atoms with Gasteiger partial charge in [-0.1, -0.05) is 84.9 Å². The van der Waals surface area contributed by atoms with Gasteiger partial charge >= 0.3 is 0 Å². The summed E-state index contributed by atoms with van der Waals surface area (Å²) in [6, 6.07) is 33.9. The van der Waals surface area contributed by atoms with Crippen LogP contribution in [0.2, 0.25) is 0 Å². The highest BCUT2D eigenvalue weighted by molar-refractivity contribution is 7.90. The highest BCUT2D eigenvalue weighted by atomic mass is 32.2. The molecule has 0 unspecified atom stereocenters. The predicted octanol–water partition coefficient (Wildman–Crippen LogP) is 5.94. The summed E-state index contributed by atoms with van der Waals surface area (Å²) in [6.07, 6.45) is 0. The van der Waals surface area contributed by atoms with Crippen LogP contribution in [0.25, 0.3) is 33.5 Å². The van der Waals surface area contributed by atoms with E-state index in [0.29, 0.717) is 16.0 Å². The van der Waals surface area contributed by atoms with Crippen LogP contribution in [-0.2, 0) is 15.6 Å². The van der Waals surface area contributed by atoms with E-state index in [4.69, 9.17) is 9.97 Å². The second-order valence-electron chi connectivity index (χ2n) is 7.55. The van der Waals surface area contributed by atoms with Crippen molar-refractivity contribution in [1.82, 2.24) is 9.97 Å². The zero-order valence-corrected chi connectivity index (χ0v) is 18.0. The molecule has 0 amide bonds. The Morgan fingerprint density at radius 2 is 1.06 bits per heavy atom. The summed E-state index contributed by atoms with van der Waals surface area (Å²) in [5.74, 6) is -0.0876. The molecule has 0 aliphatic rings. The molecule has 0 radical (unpaired) electrons. The van der Waals surface area contributed by atoms with Crippen molar-refractivity contribution in [2.75, 3.05) is 0 Å². The van der Waals surface area contributed by atoms with E-state index >= 15 is 0 Å². The smallest absolute Gasteiger partial charge is 0.182 e. The third-order valence-electron chi connectivity index (χ3n) is 5.28. The van der Waals surface area contributed by atoms with Crippen molar-refractivity contribution < 1.29 is 8.42 Å². The second kappa shape index (κ2) is 8.36.